The number of pyridine rings is 1. The number of carbonyl (C=O) groups excluding carboxylic acids is 1. The zero-order chi connectivity index (χ0) is 14.4. The van der Waals surface area contributed by atoms with Gasteiger partial charge in [0.05, 0.1) is 5.56 Å². The average Bonchev–Trinajstić information content (AvgIpc) is 2.67. The highest BCUT2D eigenvalue weighted by atomic mass is 35.6. The summed E-state index contributed by atoms with van der Waals surface area (Å²) in [5, 5.41) is -0.0499. The number of nitrogens with one attached hydrogen (secondary N) is 1. The molecule has 1 N–H and O–H groups in total. The van der Waals surface area contributed by atoms with Crippen molar-refractivity contribution in [3.8, 4) is 0 Å². The molecule has 0 spiro atoms. The van der Waals surface area contributed by atoms with Gasteiger partial charge >= 0.3 is 6.18 Å². The van der Waals surface area contributed by atoms with Crippen molar-refractivity contribution < 1.29 is 18.0 Å². The van der Waals surface area contributed by atoms with E-state index in [1.807, 2.05) is 0 Å². The fraction of sp³-hybridized carbons (Fsp3) is 0.200. The topological polar surface area (TPSA) is 45.8 Å². The second-order valence-corrected chi connectivity index (χ2v) is 5.93. The number of hydrogen-bond acceptors (Lipinski definition) is 2. The van der Waals surface area contributed by atoms with E-state index in [2.05, 4.69) is 9.97 Å². The first kappa shape index (κ1) is 14.4. The number of alkyl halides is 6. The summed E-state index contributed by atoms with van der Waals surface area (Å²) in [5.41, 5.74) is -1.04. The Balaban J connectivity index is 2.62. The van der Waals surface area contributed by atoms with Crippen LogP contribution in [0.2, 0.25) is 0 Å². The number of aromatic nitrogens is 2. The van der Waals surface area contributed by atoms with Crippen LogP contribution in [0.3, 0.4) is 0 Å². The van der Waals surface area contributed by atoms with Gasteiger partial charge in [-0.1, -0.05) is 34.8 Å². The van der Waals surface area contributed by atoms with Gasteiger partial charge in [0, 0.05) is 23.3 Å². The molecule has 0 saturated carbocycles. The summed E-state index contributed by atoms with van der Waals surface area (Å²) in [6.45, 7) is 0. The predicted molar refractivity (Wildman–Crippen MR) is 65.7 cm³/mol. The van der Waals surface area contributed by atoms with E-state index in [1.165, 1.54) is 0 Å². The second kappa shape index (κ2) is 4.54. The van der Waals surface area contributed by atoms with Crippen LogP contribution in [-0.2, 0) is 6.18 Å². The van der Waals surface area contributed by atoms with Crippen LogP contribution >= 0.6 is 34.8 Å². The number of aromatic amines is 1. The highest BCUT2D eigenvalue weighted by molar-refractivity contribution is 6.77. The molecule has 0 amide bonds. The van der Waals surface area contributed by atoms with Crippen molar-refractivity contribution in [2.75, 3.05) is 0 Å². The fourth-order valence-electron chi connectivity index (χ4n) is 1.50. The molecule has 0 saturated heterocycles. The van der Waals surface area contributed by atoms with E-state index in [0.29, 0.717) is 6.20 Å². The maximum absolute atomic E-state index is 12.6. The van der Waals surface area contributed by atoms with Gasteiger partial charge in [-0.05, 0) is 6.07 Å². The molecule has 9 heteroatoms. The van der Waals surface area contributed by atoms with Gasteiger partial charge in [0.15, 0.2) is 0 Å². The molecule has 0 aliphatic rings. The molecular formula is C10H4Cl3F3N2O. The largest absolute Gasteiger partial charge is 0.417 e. The average molecular weight is 332 g/mol. The van der Waals surface area contributed by atoms with Crippen LogP contribution in [0.4, 0.5) is 13.2 Å². The molecule has 2 rings (SSSR count). The molecule has 0 aliphatic heterocycles. The predicted octanol–water partition coefficient (Wildman–Crippen LogP) is 4.13. The van der Waals surface area contributed by atoms with Crippen LogP contribution in [0.1, 0.15) is 15.9 Å². The number of H-pyrrole nitrogens is 1. The lowest BCUT2D eigenvalue weighted by molar-refractivity contribution is -0.137. The van der Waals surface area contributed by atoms with E-state index in [9.17, 15) is 18.0 Å². The summed E-state index contributed by atoms with van der Waals surface area (Å²) < 4.78 is 35.5. The van der Waals surface area contributed by atoms with Crippen LogP contribution in [-0.4, -0.2) is 19.5 Å². The summed E-state index contributed by atoms with van der Waals surface area (Å²) in [6.07, 6.45) is -2.76. The first-order valence-corrected chi connectivity index (χ1v) is 5.90. The molecule has 0 unspecified atom stereocenters. The van der Waals surface area contributed by atoms with Crippen LogP contribution < -0.4 is 0 Å². The standard InChI is InChI=1S/C10H4Cl3F3N2O/c11-9(12,13)7(19)6-3-18-8-5(6)1-4(2-17-8)10(14,15)16/h1-3H,(H,17,18). The number of halogens is 6. The van der Waals surface area contributed by atoms with Crippen molar-refractivity contribution in [3.05, 3.63) is 29.6 Å². The molecule has 0 radical (unpaired) electrons. The lowest BCUT2D eigenvalue weighted by Gasteiger charge is -2.09. The van der Waals surface area contributed by atoms with Crippen molar-refractivity contribution in [2.24, 2.45) is 0 Å². The van der Waals surface area contributed by atoms with Crippen molar-refractivity contribution in [1.82, 2.24) is 9.97 Å². The number of fused-ring (bicyclic) bond motifs is 1. The number of Topliss-reactive ketones (excluding diaryl/α,β-unsaturated/α-hetero) is 1. The molecule has 3 nitrogen and oxygen atoms in total. The van der Waals surface area contributed by atoms with E-state index in [1.54, 1.807) is 0 Å². The first-order chi connectivity index (χ1) is 8.60. The molecule has 0 aliphatic carbocycles. The molecule has 2 aromatic heterocycles. The second-order valence-electron chi connectivity index (χ2n) is 3.65. The Bertz CT molecular complexity index is 645. The molecule has 102 valence electrons. The molecule has 2 aromatic rings. The SMILES string of the molecule is O=C(c1c[nH]c2ncc(C(F)(F)F)cc12)C(Cl)(Cl)Cl. The Hall–Kier alpha value is -0.980. The minimum absolute atomic E-state index is 0.0499. The summed E-state index contributed by atoms with van der Waals surface area (Å²) >= 11 is 16.3. The minimum Gasteiger partial charge on any atom is -0.345 e. The van der Waals surface area contributed by atoms with Gasteiger partial charge in [-0.15, -0.1) is 0 Å². The Morgan fingerprint density at radius 3 is 2.42 bits per heavy atom. The Kier molecular flexibility index (Phi) is 3.45. The summed E-state index contributed by atoms with van der Waals surface area (Å²) in [6, 6.07) is 0.780. The quantitative estimate of drug-likeness (QED) is 0.631. The van der Waals surface area contributed by atoms with Crippen molar-refractivity contribution >= 4 is 51.6 Å². The van der Waals surface area contributed by atoms with Crippen LogP contribution in [0, 0.1) is 0 Å². The van der Waals surface area contributed by atoms with Crippen LogP contribution in [0.25, 0.3) is 11.0 Å². The van der Waals surface area contributed by atoms with E-state index in [4.69, 9.17) is 34.8 Å². The summed E-state index contributed by atoms with van der Waals surface area (Å²) in [7, 11) is 0. The number of ketones is 1. The Morgan fingerprint density at radius 1 is 1.26 bits per heavy atom. The number of nitrogens with zero attached hydrogens (tertiary/aromatic N) is 1. The molecule has 2 heterocycles. The van der Waals surface area contributed by atoms with Gasteiger partial charge in [-0.25, -0.2) is 4.98 Å². The smallest absolute Gasteiger partial charge is 0.345 e. The normalized spacial score (nSPS) is 12.9. The molecule has 0 bridgehead atoms. The van der Waals surface area contributed by atoms with E-state index in [0.717, 1.165) is 12.3 Å². The van der Waals surface area contributed by atoms with Crippen LogP contribution in [0.15, 0.2) is 18.5 Å². The van der Waals surface area contributed by atoms with E-state index < -0.39 is 21.3 Å². The maximum atomic E-state index is 12.6. The van der Waals surface area contributed by atoms with Gasteiger partial charge in [0.1, 0.15) is 5.65 Å². The van der Waals surface area contributed by atoms with Crippen LogP contribution in [0.5, 0.6) is 0 Å². The summed E-state index contributed by atoms with van der Waals surface area (Å²) in [4.78, 5) is 17.9. The molecular weight excluding hydrogens is 327 g/mol. The highest BCUT2D eigenvalue weighted by Crippen LogP contribution is 2.35. The Morgan fingerprint density at radius 2 is 1.89 bits per heavy atom. The van der Waals surface area contributed by atoms with Gasteiger partial charge in [-0.2, -0.15) is 13.2 Å². The lowest BCUT2D eigenvalue weighted by Crippen LogP contribution is -2.18. The van der Waals surface area contributed by atoms with Gasteiger partial charge < -0.3 is 4.98 Å². The van der Waals surface area contributed by atoms with E-state index in [-0.39, 0.29) is 16.6 Å². The monoisotopic (exact) mass is 330 g/mol. The maximum Gasteiger partial charge on any atom is 0.417 e. The number of hydrogen-bond donors (Lipinski definition) is 1. The third-order valence-electron chi connectivity index (χ3n) is 2.36. The molecule has 19 heavy (non-hydrogen) atoms. The summed E-state index contributed by atoms with van der Waals surface area (Å²) in [5.74, 6) is -0.926. The lowest BCUT2D eigenvalue weighted by atomic mass is 10.1. The molecule has 0 atom stereocenters. The molecule has 0 aromatic carbocycles. The van der Waals surface area contributed by atoms with Crippen molar-refractivity contribution in [3.63, 3.8) is 0 Å². The Labute approximate surface area is 119 Å². The third-order valence-corrected chi connectivity index (χ3v) is 2.88. The first-order valence-electron chi connectivity index (χ1n) is 4.76. The van der Waals surface area contributed by atoms with E-state index >= 15 is 0 Å². The number of rotatable bonds is 1. The fourth-order valence-corrected chi connectivity index (χ4v) is 1.80. The number of carbonyl (C=O) groups is 1. The van der Waals surface area contributed by atoms with Crippen molar-refractivity contribution in [2.45, 2.75) is 9.97 Å². The highest BCUT2D eigenvalue weighted by Gasteiger charge is 2.35. The van der Waals surface area contributed by atoms with Gasteiger partial charge in [0.2, 0.25) is 5.78 Å². The van der Waals surface area contributed by atoms with Gasteiger partial charge in [-0.3, -0.25) is 4.79 Å². The molecule has 0 fully saturated rings. The zero-order valence-corrected chi connectivity index (χ0v) is 11.1. The zero-order valence-electron chi connectivity index (χ0n) is 8.86. The third kappa shape index (κ3) is 2.80. The van der Waals surface area contributed by atoms with Crippen molar-refractivity contribution in [1.29, 1.82) is 0 Å². The minimum atomic E-state index is -4.57. The van der Waals surface area contributed by atoms with Gasteiger partial charge in [0.25, 0.3) is 3.79 Å².